The fraction of sp³-hybridized carbons (Fsp3) is 0.233. The molecule has 37 heavy (non-hydrogen) atoms. The molecule has 3 heterocycles. The number of aromatic carboxylic acids is 1. The highest BCUT2D eigenvalue weighted by molar-refractivity contribution is 7.80. The van der Waals surface area contributed by atoms with Crippen molar-refractivity contribution in [3.63, 3.8) is 0 Å². The van der Waals surface area contributed by atoms with Gasteiger partial charge in [-0.2, -0.15) is 0 Å². The number of carboxylic acids is 1. The Kier molecular flexibility index (Phi) is 6.56. The van der Waals surface area contributed by atoms with Crippen LogP contribution in [0.15, 0.2) is 72.9 Å². The number of aryl methyl sites for hydroxylation is 3. The number of thiocarbonyl (C=S) groups is 1. The summed E-state index contributed by atoms with van der Waals surface area (Å²) in [4.78, 5) is 18.6. The van der Waals surface area contributed by atoms with Crippen LogP contribution in [0, 0.1) is 20.8 Å². The fourth-order valence-corrected chi connectivity index (χ4v) is 5.63. The van der Waals surface area contributed by atoms with Crippen molar-refractivity contribution in [2.75, 3.05) is 4.90 Å². The lowest BCUT2D eigenvalue weighted by Gasteiger charge is -2.28. The molecule has 0 radical (unpaired) electrons. The van der Waals surface area contributed by atoms with Gasteiger partial charge in [-0.15, -0.1) is 0 Å². The second kappa shape index (κ2) is 9.82. The highest BCUT2D eigenvalue weighted by Crippen LogP contribution is 2.44. The van der Waals surface area contributed by atoms with Crippen LogP contribution in [-0.4, -0.2) is 25.7 Å². The zero-order valence-electron chi connectivity index (χ0n) is 21.4. The second-order valence-electron chi connectivity index (χ2n) is 9.48. The number of aromatic nitrogens is 2. The van der Waals surface area contributed by atoms with Crippen molar-refractivity contribution in [3.8, 4) is 5.69 Å². The Labute approximate surface area is 222 Å². The van der Waals surface area contributed by atoms with Gasteiger partial charge in [0.1, 0.15) is 0 Å². The van der Waals surface area contributed by atoms with Gasteiger partial charge in [0.05, 0.1) is 23.3 Å². The van der Waals surface area contributed by atoms with Crippen molar-refractivity contribution in [3.05, 3.63) is 112 Å². The van der Waals surface area contributed by atoms with Crippen LogP contribution in [0.2, 0.25) is 0 Å². The molecule has 1 saturated heterocycles. The second-order valence-corrected chi connectivity index (χ2v) is 9.87. The molecular formula is C30H30N4O2S. The van der Waals surface area contributed by atoms with Gasteiger partial charge < -0.3 is 19.9 Å². The van der Waals surface area contributed by atoms with Crippen LogP contribution in [0.1, 0.15) is 63.1 Å². The molecule has 1 aliphatic heterocycles. The largest absolute Gasteiger partial charge is 0.478 e. The van der Waals surface area contributed by atoms with Crippen molar-refractivity contribution < 1.29 is 9.90 Å². The summed E-state index contributed by atoms with van der Waals surface area (Å²) in [6, 6.07) is 21.6. The third-order valence-electron chi connectivity index (χ3n) is 7.21. The van der Waals surface area contributed by atoms with E-state index in [-0.39, 0.29) is 17.6 Å². The molecule has 0 spiro atoms. The van der Waals surface area contributed by atoms with Crippen LogP contribution in [0.3, 0.4) is 0 Å². The van der Waals surface area contributed by atoms with Gasteiger partial charge in [-0.1, -0.05) is 31.2 Å². The van der Waals surface area contributed by atoms with Crippen molar-refractivity contribution in [2.24, 2.45) is 0 Å². The Bertz CT molecular complexity index is 1480. The predicted molar refractivity (Wildman–Crippen MR) is 151 cm³/mol. The Hall–Kier alpha value is -3.97. The van der Waals surface area contributed by atoms with Crippen LogP contribution >= 0.6 is 12.2 Å². The van der Waals surface area contributed by atoms with E-state index in [0.29, 0.717) is 5.11 Å². The number of carboxylic acid groups (broad SMARTS) is 1. The molecule has 5 rings (SSSR count). The molecular weight excluding hydrogens is 480 g/mol. The van der Waals surface area contributed by atoms with Crippen LogP contribution in [0.4, 0.5) is 5.69 Å². The van der Waals surface area contributed by atoms with Gasteiger partial charge in [0.25, 0.3) is 0 Å². The molecule has 0 amide bonds. The summed E-state index contributed by atoms with van der Waals surface area (Å²) in [5.74, 6) is -0.939. The summed E-state index contributed by atoms with van der Waals surface area (Å²) in [7, 11) is 0. The number of nitrogens with one attached hydrogen (secondary N) is 1. The molecule has 2 unspecified atom stereocenters. The summed E-state index contributed by atoms with van der Waals surface area (Å²) >= 11 is 5.90. The Morgan fingerprint density at radius 1 is 1.05 bits per heavy atom. The first-order valence-electron chi connectivity index (χ1n) is 12.4. The minimum atomic E-state index is -0.939. The highest BCUT2D eigenvalue weighted by Gasteiger charge is 2.42. The third kappa shape index (κ3) is 4.40. The summed E-state index contributed by atoms with van der Waals surface area (Å²) in [5.41, 5.74) is 8.51. The zero-order valence-corrected chi connectivity index (χ0v) is 22.2. The van der Waals surface area contributed by atoms with E-state index < -0.39 is 5.97 Å². The van der Waals surface area contributed by atoms with Gasteiger partial charge in [-0.25, -0.2) is 4.79 Å². The Balaban J connectivity index is 1.68. The van der Waals surface area contributed by atoms with Gasteiger partial charge >= 0.3 is 5.97 Å². The molecule has 188 valence electrons. The van der Waals surface area contributed by atoms with Crippen LogP contribution < -0.4 is 10.2 Å². The molecule has 6 nitrogen and oxygen atoms in total. The number of pyridine rings is 1. The van der Waals surface area contributed by atoms with Crippen molar-refractivity contribution >= 4 is 29.0 Å². The monoisotopic (exact) mass is 510 g/mol. The summed E-state index contributed by atoms with van der Waals surface area (Å²) in [6.45, 7) is 8.29. The maximum Gasteiger partial charge on any atom is 0.335 e. The molecule has 0 bridgehead atoms. The topological polar surface area (TPSA) is 70.4 Å². The summed E-state index contributed by atoms with van der Waals surface area (Å²) in [6.07, 6.45) is 2.78. The number of hydrogen-bond donors (Lipinski definition) is 2. The lowest BCUT2D eigenvalue weighted by atomic mass is 9.96. The summed E-state index contributed by atoms with van der Waals surface area (Å²) < 4.78 is 2.15. The van der Waals surface area contributed by atoms with E-state index in [2.05, 4.69) is 70.9 Å². The minimum Gasteiger partial charge on any atom is -0.478 e. The van der Waals surface area contributed by atoms with Crippen molar-refractivity contribution in [1.82, 2.24) is 14.9 Å². The van der Waals surface area contributed by atoms with Crippen molar-refractivity contribution in [2.45, 2.75) is 46.2 Å². The maximum absolute atomic E-state index is 11.7. The smallest absolute Gasteiger partial charge is 0.335 e. The van der Waals surface area contributed by atoms with Crippen LogP contribution in [0.25, 0.3) is 5.69 Å². The molecule has 1 aliphatic rings. The predicted octanol–water partition coefficient (Wildman–Crippen LogP) is 6.24. The van der Waals surface area contributed by atoms with E-state index in [1.54, 1.807) is 18.3 Å². The quantitative estimate of drug-likeness (QED) is 0.300. The Morgan fingerprint density at radius 3 is 2.46 bits per heavy atom. The molecule has 2 aromatic carbocycles. The van der Waals surface area contributed by atoms with Gasteiger partial charge in [-0.3, -0.25) is 4.98 Å². The third-order valence-corrected chi connectivity index (χ3v) is 7.52. The average Bonchev–Trinajstić information content (AvgIpc) is 3.39. The van der Waals surface area contributed by atoms with Crippen LogP contribution in [0.5, 0.6) is 0 Å². The van der Waals surface area contributed by atoms with E-state index in [9.17, 15) is 9.90 Å². The number of benzene rings is 2. The van der Waals surface area contributed by atoms with Crippen LogP contribution in [-0.2, 0) is 6.42 Å². The first-order chi connectivity index (χ1) is 17.8. The SMILES string of the molecule is CCc1ccc(N2C(=S)NC(c3ccccn3)C2c2cc(C)n(-c3cc(C(=O)O)ccc3C)c2C)cc1. The molecule has 0 saturated carbocycles. The number of nitrogens with zero attached hydrogens (tertiary/aromatic N) is 3. The number of rotatable bonds is 6. The molecule has 2 aromatic heterocycles. The van der Waals surface area contributed by atoms with Gasteiger partial charge in [0.2, 0.25) is 0 Å². The first kappa shape index (κ1) is 24.7. The molecule has 4 aromatic rings. The molecule has 1 fully saturated rings. The molecule has 2 N–H and O–H groups in total. The fourth-order valence-electron chi connectivity index (χ4n) is 5.28. The molecule has 0 aliphatic carbocycles. The average molecular weight is 511 g/mol. The normalized spacial score (nSPS) is 17.2. The van der Waals surface area contributed by atoms with Crippen molar-refractivity contribution in [1.29, 1.82) is 0 Å². The molecule has 7 heteroatoms. The van der Waals surface area contributed by atoms with Gasteiger partial charge in [0, 0.05) is 29.0 Å². The Morgan fingerprint density at radius 2 is 1.81 bits per heavy atom. The minimum absolute atomic E-state index is 0.141. The van der Waals surface area contributed by atoms with E-state index >= 15 is 0 Å². The lowest BCUT2D eigenvalue weighted by Crippen LogP contribution is -2.29. The van der Waals surface area contributed by atoms with Gasteiger partial charge in [0.15, 0.2) is 5.11 Å². The summed E-state index contributed by atoms with van der Waals surface area (Å²) in [5, 5.41) is 13.8. The van der Waals surface area contributed by atoms with E-state index in [1.807, 2.05) is 31.2 Å². The number of carbonyl (C=O) groups is 1. The maximum atomic E-state index is 11.7. The molecule has 2 atom stereocenters. The highest BCUT2D eigenvalue weighted by atomic mass is 32.1. The van der Waals surface area contributed by atoms with E-state index in [4.69, 9.17) is 12.2 Å². The zero-order chi connectivity index (χ0) is 26.3. The van der Waals surface area contributed by atoms with Gasteiger partial charge in [-0.05, 0) is 98.6 Å². The van der Waals surface area contributed by atoms with E-state index in [1.165, 1.54) is 5.56 Å². The standard InChI is InChI=1S/C30H30N4O2S/c1-5-21-10-13-23(14-11-21)34-28(27(32-30(34)37)25-8-6-7-15-31-25)24-16-19(3)33(20(24)4)26-17-22(29(35)36)12-9-18(26)2/h6-17,27-28H,5H2,1-4H3,(H,32,37)(H,35,36). The lowest BCUT2D eigenvalue weighted by molar-refractivity contribution is 0.0697. The van der Waals surface area contributed by atoms with E-state index in [0.717, 1.165) is 46.0 Å². The number of anilines is 1. The first-order valence-corrected chi connectivity index (χ1v) is 12.8. The number of hydrogen-bond acceptors (Lipinski definition) is 3.